The Labute approximate surface area is 150 Å². The Morgan fingerprint density at radius 1 is 1.36 bits per heavy atom. The van der Waals surface area contributed by atoms with E-state index in [9.17, 15) is 8.42 Å². The zero-order valence-electron chi connectivity index (χ0n) is 15.3. The molecule has 0 amide bonds. The van der Waals surface area contributed by atoms with Gasteiger partial charge in [0.1, 0.15) is 11.4 Å². The van der Waals surface area contributed by atoms with E-state index in [1.165, 1.54) is 0 Å². The fourth-order valence-electron chi connectivity index (χ4n) is 2.81. The van der Waals surface area contributed by atoms with Crippen molar-refractivity contribution >= 4 is 16.0 Å². The van der Waals surface area contributed by atoms with Crippen molar-refractivity contribution in [3.63, 3.8) is 0 Å². The number of benzene rings is 1. The molecule has 1 aliphatic rings. The summed E-state index contributed by atoms with van der Waals surface area (Å²) in [5.41, 5.74) is 0.822. The average molecular weight is 369 g/mol. The predicted molar refractivity (Wildman–Crippen MR) is 100 cm³/mol. The van der Waals surface area contributed by atoms with Gasteiger partial charge in [0.2, 0.25) is 10.0 Å². The van der Waals surface area contributed by atoms with Crippen molar-refractivity contribution in [2.45, 2.75) is 38.8 Å². The molecule has 25 heavy (non-hydrogen) atoms. The predicted octanol–water partition coefficient (Wildman–Crippen LogP) is 1.39. The summed E-state index contributed by atoms with van der Waals surface area (Å²) in [6.45, 7) is 7.48. The van der Waals surface area contributed by atoms with Crippen LogP contribution in [0.15, 0.2) is 29.3 Å². The molecule has 3 N–H and O–H groups in total. The van der Waals surface area contributed by atoms with Gasteiger partial charge in [0.25, 0.3) is 0 Å². The molecule has 0 aliphatic carbocycles. The minimum Gasteiger partial charge on any atom is -0.487 e. The first kappa shape index (κ1) is 19.5. The smallest absolute Gasteiger partial charge is 0.208 e. The van der Waals surface area contributed by atoms with Gasteiger partial charge in [-0.05, 0) is 26.8 Å². The van der Waals surface area contributed by atoms with Crippen molar-refractivity contribution in [3.8, 4) is 5.75 Å². The van der Waals surface area contributed by atoms with E-state index in [2.05, 4.69) is 40.3 Å². The summed E-state index contributed by atoms with van der Waals surface area (Å²) in [5, 5.41) is 6.65. The van der Waals surface area contributed by atoms with Crippen molar-refractivity contribution in [2.75, 3.05) is 25.9 Å². The largest absolute Gasteiger partial charge is 0.487 e. The van der Waals surface area contributed by atoms with Gasteiger partial charge in [-0.25, -0.2) is 13.1 Å². The molecule has 1 heterocycles. The molecule has 1 aromatic rings. The molecule has 2 rings (SSSR count). The molecule has 1 atom stereocenters. The average Bonchev–Trinajstić information content (AvgIpc) is 2.49. The van der Waals surface area contributed by atoms with E-state index in [-0.39, 0.29) is 18.2 Å². The Balaban J connectivity index is 2.10. The molecule has 0 radical (unpaired) electrons. The SMILES string of the molecule is CCNC(=NCCNS(C)(=O)=O)NC1CC(C)(C)Oc2ccccc21. The summed E-state index contributed by atoms with van der Waals surface area (Å²) in [6, 6.07) is 8.06. The van der Waals surface area contributed by atoms with Crippen molar-refractivity contribution in [1.29, 1.82) is 0 Å². The summed E-state index contributed by atoms with van der Waals surface area (Å²) >= 11 is 0. The van der Waals surface area contributed by atoms with Crippen molar-refractivity contribution in [2.24, 2.45) is 4.99 Å². The normalized spacial score (nSPS) is 19.7. The number of aliphatic imine (C=N–C) groups is 1. The molecule has 0 fully saturated rings. The number of hydrogen-bond donors (Lipinski definition) is 3. The molecule has 7 nitrogen and oxygen atoms in total. The highest BCUT2D eigenvalue weighted by Gasteiger charge is 2.33. The van der Waals surface area contributed by atoms with Crippen LogP contribution in [-0.4, -0.2) is 45.9 Å². The van der Waals surface area contributed by atoms with Crippen LogP contribution in [0.25, 0.3) is 0 Å². The third-order valence-electron chi connectivity index (χ3n) is 3.78. The molecule has 0 bridgehead atoms. The minimum absolute atomic E-state index is 0.0700. The maximum atomic E-state index is 11.1. The standard InChI is InChI=1S/C17H28N4O3S/c1-5-18-16(19-10-11-20-25(4,22)23)21-14-12-17(2,3)24-15-9-7-6-8-13(14)15/h6-9,14,20H,5,10-12H2,1-4H3,(H2,18,19,21). The first-order valence-electron chi connectivity index (χ1n) is 8.47. The third-order valence-corrected chi connectivity index (χ3v) is 4.51. The first-order valence-corrected chi connectivity index (χ1v) is 10.4. The van der Waals surface area contributed by atoms with Gasteiger partial charge < -0.3 is 15.4 Å². The monoisotopic (exact) mass is 368 g/mol. The van der Waals surface area contributed by atoms with E-state index >= 15 is 0 Å². The molecule has 0 saturated heterocycles. The minimum atomic E-state index is -3.19. The second kappa shape index (κ2) is 8.05. The van der Waals surface area contributed by atoms with Crippen LogP contribution < -0.4 is 20.1 Å². The fourth-order valence-corrected chi connectivity index (χ4v) is 3.28. The van der Waals surface area contributed by atoms with Gasteiger partial charge in [-0.15, -0.1) is 0 Å². The van der Waals surface area contributed by atoms with Crippen LogP contribution in [-0.2, 0) is 10.0 Å². The second-order valence-electron chi connectivity index (χ2n) is 6.73. The van der Waals surface area contributed by atoms with Gasteiger partial charge in [-0.3, -0.25) is 4.99 Å². The van der Waals surface area contributed by atoms with Gasteiger partial charge in [-0.1, -0.05) is 18.2 Å². The van der Waals surface area contributed by atoms with E-state index in [4.69, 9.17) is 4.74 Å². The Morgan fingerprint density at radius 2 is 2.08 bits per heavy atom. The molecular formula is C17H28N4O3S. The molecule has 1 aromatic carbocycles. The van der Waals surface area contributed by atoms with E-state index < -0.39 is 10.0 Å². The number of sulfonamides is 1. The number of rotatable bonds is 6. The topological polar surface area (TPSA) is 91.8 Å². The van der Waals surface area contributed by atoms with Gasteiger partial charge in [-0.2, -0.15) is 0 Å². The molecule has 8 heteroatoms. The maximum Gasteiger partial charge on any atom is 0.208 e. The molecular weight excluding hydrogens is 340 g/mol. The molecule has 0 aromatic heterocycles. The van der Waals surface area contributed by atoms with Gasteiger partial charge in [0.15, 0.2) is 5.96 Å². The van der Waals surface area contributed by atoms with Crippen LogP contribution in [0.3, 0.4) is 0 Å². The number of nitrogens with zero attached hydrogens (tertiary/aromatic N) is 1. The van der Waals surface area contributed by atoms with E-state index in [0.717, 1.165) is 30.5 Å². The van der Waals surface area contributed by atoms with Gasteiger partial charge in [0, 0.05) is 25.1 Å². The summed E-state index contributed by atoms with van der Waals surface area (Å²) in [7, 11) is -3.19. The highest BCUT2D eigenvalue weighted by atomic mass is 32.2. The van der Waals surface area contributed by atoms with Crippen LogP contribution in [0.1, 0.15) is 38.8 Å². The highest BCUT2D eigenvalue weighted by Crippen LogP contribution is 2.39. The quantitative estimate of drug-likeness (QED) is 0.401. The van der Waals surface area contributed by atoms with Gasteiger partial charge in [0.05, 0.1) is 18.8 Å². The Hall–Kier alpha value is -1.80. The molecule has 0 saturated carbocycles. The van der Waals surface area contributed by atoms with Crippen molar-refractivity contribution in [3.05, 3.63) is 29.8 Å². The summed E-state index contributed by atoms with van der Waals surface area (Å²) in [6.07, 6.45) is 1.94. The third kappa shape index (κ3) is 6.21. The maximum absolute atomic E-state index is 11.1. The van der Waals surface area contributed by atoms with Crippen molar-refractivity contribution in [1.82, 2.24) is 15.4 Å². The number of guanidine groups is 1. The molecule has 1 unspecified atom stereocenters. The van der Waals surface area contributed by atoms with Crippen LogP contribution in [0.4, 0.5) is 0 Å². The molecule has 1 aliphatic heterocycles. The Bertz CT molecular complexity index is 716. The lowest BCUT2D eigenvalue weighted by Crippen LogP contribution is -2.45. The zero-order valence-corrected chi connectivity index (χ0v) is 16.1. The number of para-hydroxylation sites is 1. The fraction of sp³-hybridized carbons (Fsp3) is 0.588. The summed E-state index contributed by atoms with van der Waals surface area (Å²) in [5.74, 6) is 1.54. The first-order chi connectivity index (χ1) is 11.7. The summed E-state index contributed by atoms with van der Waals surface area (Å²) < 4.78 is 30.7. The van der Waals surface area contributed by atoms with Crippen LogP contribution in [0, 0.1) is 0 Å². The lowest BCUT2D eigenvalue weighted by molar-refractivity contribution is 0.0694. The van der Waals surface area contributed by atoms with Crippen LogP contribution in [0.5, 0.6) is 5.75 Å². The molecule has 140 valence electrons. The van der Waals surface area contributed by atoms with E-state index in [1.807, 2.05) is 25.1 Å². The van der Waals surface area contributed by atoms with Crippen molar-refractivity contribution < 1.29 is 13.2 Å². The number of hydrogen-bond acceptors (Lipinski definition) is 4. The van der Waals surface area contributed by atoms with Crippen LogP contribution in [0.2, 0.25) is 0 Å². The zero-order chi connectivity index (χ0) is 18.5. The van der Waals surface area contributed by atoms with Gasteiger partial charge >= 0.3 is 0 Å². The number of fused-ring (bicyclic) bond motifs is 1. The van der Waals surface area contributed by atoms with E-state index in [0.29, 0.717) is 12.5 Å². The number of nitrogens with one attached hydrogen (secondary N) is 3. The Kier molecular flexibility index (Phi) is 6.29. The Morgan fingerprint density at radius 3 is 2.76 bits per heavy atom. The molecule has 0 spiro atoms. The lowest BCUT2D eigenvalue weighted by Gasteiger charge is -2.38. The second-order valence-corrected chi connectivity index (χ2v) is 8.56. The highest BCUT2D eigenvalue weighted by molar-refractivity contribution is 7.88. The number of ether oxygens (including phenoxy) is 1. The lowest BCUT2D eigenvalue weighted by atomic mass is 9.90. The van der Waals surface area contributed by atoms with E-state index in [1.54, 1.807) is 0 Å². The summed E-state index contributed by atoms with van der Waals surface area (Å²) in [4.78, 5) is 4.46. The van der Waals surface area contributed by atoms with Crippen LogP contribution >= 0.6 is 0 Å².